The fourth-order valence-electron chi connectivity index (χ4n) is 1.25. The summed E-state index contributed by atoms with van der Waals surface area (Å²) in [6.07, 6.45) is 1.82. The minimum atomic E-state index is 0.00565. The second-order valence-electron chi connectivity index (χ2n) is 5.26. The SMILES string of the molecule is CC(C)C(N)c1cc(C(C)(C)C)co1. The van der Waals surface area contributed by atoms with Gasteiger partial charge in [-0.05, 0) is 23.0 Å². The first-order chi connectivity index (χ1) is 6.32. The topological polar surface area (TPSA) is 39.2 Å². The van der Waals surface area contributed by atoms with Gasteiger partial charge in [0.15, 0.2) is 0 Å². The molecule has 1 unspecified atom stereocenters. The van der Waals surface area contributed by atoms with E-state index in [2.05, 4.69) is 40.7 Å². The van der Waals surface area contributed by atoms with E-state index in [0.717, 1.165) is 5.76 Å². The Morgan fingerprint density at radius 1 is 1.29 bits per heavy atom. The molecule has 1 heterocycles. The van der Waals surface area contributed by atoms with Gasteiger partial charge in [0.25, 0.3) is 0 Å². The zero-order valence-electron chi connectivity index (χ0n) is 9.79. The molecule has 1 aromatic rings. The van der Waals surface area contributed by atoms with E-state index < -0.39 is 0 Å². The molecule has 0 bridgehead atoms. The van der Waals surface area contributed by atoms with Crippen LogP contribution in [-0.2, 0) is 5.41 Å². The van der Waals surface area contributed by atoms with Crippen LogP contribution in [0.1, 0.15) is 52.0 Å². The van der Waals surface area contributed by atoms with Crippen LogP contribution in [0.4, 0.5) is 0 Å². The van der Waals surface area contributed by atoms with Crippen LogP contribution in [0.15, 0.2) is 16.7 Å². The molecule has 80 valence electrons. The summed E-state index contributed by atoms with van der Waals surface area (Å²) in [6.45, 7) is 10.7. The second kappa shape index (κ2) is 3.77. The number of nitrogens with two attached hydrogens (primary N) is 1. The molecule has 0 aliphatic rings. The van der Waals surface area contributed by atoms with Gasteiger partial charge >= 0.3 is 0 Å². The van der Waals surface area contributed by atoms with Crippen molar-refractivity contribution < 1.29 is 4.42 Å². The summed E-state index contributed by atoms with van der Waals surface area (Å²) in [5.74, 6) is 1.30. The molecule has 2 nitrogen and oxygen atoms in total. The summed E-state index contributed by atoms with van der Waals surface area (Å²) < 4.78 is 5.49. The maximum absolute atomic E-state index is 6.00. The first-order valence-electron chi connectivity index (χ1n) is 5.17. The smallest absolute Gasteiger partial charge is 0.121 e. The van der Waals surface area contributed by atoms with Crippen molar-refractivity contribution in [2.75, 3.05) is 0 Å². The van der Waals surface area contributed by atoms with Crippen molar-refractivity contribution in [2.24, 2.45) is 11.7 Å². The lowest BCUT2D eigenvalue weighted by Crippen LogP contribution is -2.16. The lowest BCUT2D eigenvalue weighted by atomic mass is 9.88. The predicted molar refractivity (Wildman–Crippen MR) is 59.2 cm³/mol. The summed E-state index contributed by atoms with van der Waals surface area (Å²) in [6, 6.07) is 2.08. The van der Waals surface area contributed by atoms with Crippen LogP contribution in [0.25, 0.3) is 0 Å². The summed E-state index contributed by atoms with van der Waals surface area (Å²) in [4.78, 5) is 0. The van der Waals surface area contributed by atoms with Gasteiger partial charge in [-0.2, -0.15) is 0 Å². The van der Waals surface area contributed by atoms with Crippen LogP contribution in [0.3, 0.4) is 0 Å². The minimum Gasteiger partial charge on any atom is -0.467 e. The Labute approximate surface area is 86.5 Å². The molecule has 0 radical (unpaired) electrons. The van der Waals surface area contributed by atoms with Crippen molar-refractivity contribution in [1.82, 2.24) is 0 Å². The van der Waals surface area contributed by atoms with E-state index >= 15 is 0 Å². The maximum atomic E-state index is 6.00. The fourth-order valence-corrected chi connectivity index (χ4v) is 1.25. The van der Waals surface area contributed by atoms with E-state index in [0.29, 0.717) is 5.92 Å². The van der Waals surface area contributed by atoms with E-state index in [4.69, 9.17) is 10.2 Å². The molecule has 1 aromatic heterocycles. The molecule has 0 aromatic carbocycles. The Bertz CT molecular complexity index is 294. The van der Waals surface area contributed by atoms with Gasteiger partial charge in [-0.15, -0.1) is 0 Å². The van der Waals surface area contributed by atoms with Crippen molar-refractivity contribution in [3.8, 4) is 0 Å². The third-order valence-electron chi connectivity index (χ3n) is 2.53. The summed E-state index contributed by atoms with van der Waals surface area (Å²) in [5, 5.41) is 0. The van der Waals surface area contributed by atoms with Crippen molar-refractivity contribution >= 4 is 0 Å². The van der Waals surface area contributed by atoms with Crippen molar-refractivity contribution in [1.29, 1.82) is 0 Å². The van der Waals surface area contributed by atoms with Gasteiger partial charge in [0, 0.05) is 0 Å². The second-order valence-corrected chi connectivity index (χ2v) is 5.26. The lowest BCUT2D eigenvalue weighted by molar-refractivity contribution is 0.401. The standard InChI is InChI=1S/C12H21NO/c1-8(2)11(13)10-6-9(7-14-10)12(3,4)5/h6-8,11H,13H2,1-5H3. The molecular formula is C12H21NO. The number of hydrogen-bond donors (Lipinski definition) is 1. The maximum Gasteiger partial charge on any atom is 0.121 e. The highest BCUT2D eigenvalue weighted by Crippen LogP contribution is 2.28. The van der Waals surface area contributed by atoms with Crippen LogP contribution >= 0.6 is 0 Å². The number of hydrogen-bond acceptors (Lipinski definition) is 2. The molecule has 1 rings (SSSR count). The summed E-state index contributed by atoms with van der Waals surface area (Å²) in [7, 11) is 0. The molecule has 14 heavy (non-hydrogen) atoms. The monoisotopic (exact) mass is 195 g/mol. The normalized spacial score (nSPS) is 14.8. The van der Waals surface area contributed by atoms with Crippen molar-refractivity contribution in [3.05, 3.63) is 23.7 Å². The van der Waals surface area contributed by atoms with Crippen LogP contribution in [0, 0.1) is 5.92 Å². The lowest BCUT2D eigenvalue weighted by Gasteiger charge is -2.15. The third kappa shape index (κ3) is 2.38. The molecular weight excluding hydrogens is 174 g/mol. The van der Waals surface area contributed by atoms with E-state index in [1.165, 1.54) is 5.56 Å². The average Bonchev–Trinajstić information content (AvgIpc) is 2.49. The highest BCUT2D eigenvalue weighted by Gasteiger charge is 2.20. The van der Waals surface area contributed by atoms with Gasteiger partial charge in [0.1, 0.15) is 5.76 Å². The molecule has 0 amide bonds. The highest BCUT2D eigenvalue weighted by atomic mass is 16.3. The van der Waals surface area contributed by atoms with E-state index in [1.807, 2.05) is 6.26 Å². The molecule has 0 fully saturated rings. The molecule has 0 aliphatic heterocycles. The number of rotatable bonds is 2. The van der Waals surface area contributed by atoms with Crippen molar-refractivity contribution in [3.63, 3.8) is 0 Å². The molecule has 0 saturated heterocycles. The molecule has 1 atom stereocenters. The highest BCUT2D eigenvalue weighted by molar-refractivity contribution is 5.22. The zero-order valence-corrected chi connectivity index (χ0v) is 9.79. The molecule has 0 spiro atoms. The third-order valence-corrected chi connectivity index (χ3v) is 2.53. The predicted octanol–water partition coefficient (Wildman–Crippen LogP) is 3.23. The Balaban J connectivity index is 2.89. The van der Waals surface area contributed by atoms with E-state index in [9.17, 15) is 0 Å². The van der Waals surface area contributed by atoms with Crippen molar-refractivity contribution in [2.45, 2.75) is 46.1 Å². The summed E-state index contributed by atoms with van der Waals surface area (Å²) in [5.41, 5.74) is 7.35. The summed E-state index contributed by atoms with van der Waals surface area (Å²) >= 11 is 0. The van der Waals surface area contributed by atoms with Gasteiger partial charge in [-0.1, -0.05) is 34.6 Å². The Kier molecular flexibility index (Phi) is 3.05. The van der Waals surface area contributed by atoms with Crippen LogP contribution < -0.4 is 5.73 Å². The first kappa shape index (κ1) is 11.3. The average molecular weight is 195 g/mol. The van der Waals surface area contributed by atoms with E-state index in [1.54, 1.807) is 0 Å². The van der Waals surface area contributed by atoms with Gasteiger partial charge in [0.05, 0.1) is 12.3 Å². The first-order valence-corrected chi connectivity index (χ1v) is 5.17. The van der Waals surface area contributed by atoms with E-state index in [-0.39, 0.29) is 11.5 Å². The van der Waals surface area contributed by atoms with Crippen LogP contribution in [-0.4, -0.2) is 0 Å². The molecule has 0 aliphatic carbocycles. The minimum absolute atomic E-state index is 0.00565. The Morgan fingerprint density at radius 2 is 1.86 bits per heavy atom. The van der Waals surface area contributed by atoms with Crippen LogP contribution in [0.2, 0.25) is 0 Å². The Morgan fingerprint density at radius 3 is 2.21 bits per heavy atom. The molecule has 0 saturated carbocycles. The molecule has 2 N–H and O–H groups in total. The van der Waals surface area contributed by atoms with Crippen LogP contribution in [0.5, 0.6) is 0 Å². The largest absolute Gasteiger partial charge is 0.467 e. The van der Waals surface area contributed by atoms with Gasteiger partial charge in [-0.25, -0.2) is 0 Å². The van der Waals surface area contributed by atoms with Gasteiger partial charge in [-0.3, -0.25) is 0 Å². The zero-order chi connectivity index (χ0) is 10.9. The van der Waals surface area contributed by atoms with Gasteiger partial charge < -0.3 is 10.2 Å². The molecule has 2 heteroatoms. The van der Waals surface area contributed by atoms with Gasteiger partial charge in [0.2, 0.25) is 0 Å². The fraction of sp³-hybridized carbons (Fsp3) is 0.667. The quantitative estimate of drug-likeness (QED) is 0.787. The Hall–Kier alpha value is -0.760. The number of furan rings is 1.